The topological polar surface area (TPSA) is 37.9 Å². The van der Waals surface area contributed by atoms with Crippen LogP contribution in [0.1, 0.15) is 25.5 Å². The van der Waals surface area contributed by atoms with Gasteiger partial charge in [0.2, 0.25) is 0 Å². The first kappa shape index (κ1) is 11.3. The smallest absolute Gasteiger partial charge is 0.130 e. The zero-order chi connectivity index (χ0) is 14.0. The van der Waals surface area contributed by atoms with Crippen molar-refractivity contribution in [1.82, 2.24) is 0 Å². The van der Waals surface area contributed by atoms with Crippen LogP contribution in [0.3, 0.4) is 0 Å². The van der Waals surface area contributed by atoms with E-state index in [4.69, 9.17) is 4.42 Å². The standard InChI is InChI=1S/C18H14N2O/c1-10-12-5-4-11-7-15-18(20-9-19-15)14(17(11)12)8-13(10)16-3-2-6-21-16/h2-3,5-6,8-10H,4,7H2,1H3. The van der Waals surface area contributed by atoms with Gasteiger partial charge in [-0.1, -0.05) is 18.6 Å². The number of aliphatic imine (C=N–C) groups is 2. The van der Waals surface area contributed by atoms with Crippen molar-refractivity contribution < 1.29 is 4.42 Å². The maximum absolute atomic E-state index is 5.64. The number of hydrogen-bond acceptors (Lipinski definition) is 3. The van der Waals surface area contributed by atoms with Crippen LogP contribution in [0, 0.1) is 5.92 Å². The minimum atomic E-state index is 0.372. The summed E-state index contributed by atoms with van der Waals surface area (Å²) in [5.74, 6) is 1.33. The fourth-order valence-corrected chi connectivity index (χ4v) is 3.82. The van der Waals surface area contributed by atoms with E-state index in [1.54, 1.807) is 12.6 Å². The Morgan fingerprint density at radius 2 is 2.24 bits per heavy atom. The van der Waals surface area contributed by atoms with Gasteiger partial charge in [-0.2, -0.15) is 0 Å². The van der Waals surface area contributed by atoms with E-state index < -0.39 is 0 Å². The first-order valence-corrected chi connectivity index (χ1v) is 7.35. The molecule has 1 aromatic heterocycles. The summed E-state index contributed by atoms with van der Waals surface area (Å²) >= 11 is 0. The van der Waals surface area contributed by atoms with Crippen LogP contribution in [0.5, 0.6) is 0 Å². The summed E-state index contributed by atoms with van der Waals surface area (Å²) in [5, 5.41) is 0. The molecule has 0 saturated heterocycles. The van der Waals surface area contributed by atoms with Crippen molar-refractivity contribution >= 4 is 17.6 Å². The van der Waals surface area contributed by atoms with Crippen LogP contribution >= 0.6 is 0 Å². The highest BCUT2D eigenvalue weighted by Gasteiger charge is 2.37. The number of hydrogen-bond donors (Lipinski definition) is 0. The zero-order valence-electron chi connectivity index (χ0n) is 11.8. The monoisotopic (exact) mass is 274 g/mol. The molecule has 0 N–H and O–H groups in total. The van der Waals surface area contributed by atoms with E-state index >= 15 is 0 Å². The van der Waals surface area contributed by atoms with E-state index in [-0.39, 0.29) is 0 Å². The second-order valence-corrected chi connectivity index (χ2v) is 5.90. The summed E-state index contributed by atoms with van der Waals surface area (Å²) in [5.41, 5.74) is 8.99. The Kier molecular flexibility index (Phi) is 2.05. The van der Waals surface area contributed by atoms with Gasteiger partial charge in [-0.25, -0.2) is 9.98 Å². The molecule has 4 aliphatic rings. The van der Waals surface area contributed by atoms with Crippen LogP contribution < -0.4 is 0 Å². The van der Waals surface area contributed by atoms with Crippen molar-refractivity contribution in [1.29, 1.82) is 0 Å². The van der Waals surface area contributed by atoms with Crippen molar-refractivity contribution in [2.75, 3.05) is 0 Å². The molecule has 0 fully saturated rings. The number of rotatable bonds is 1. The Balaban J connectivity index is 1.80. The van der Waals surface area contributed by atoms with E-state index in [1.807, 2.05) is 12.1 Å². The van der Waals surface area contributed by atoms with E-state index in [0.717, 1.165) is 30.0 Å². The van der Waals surface area contributed by atoms with E-state index in [1.165, 1.54) is 27.9 Å². The molecule has 1 aromatic rings. The van der Waals surface area contributed by atoms with Gasteiger partial charge < -0.3 is 4.42 Å². The lowest BCUT2D eigenvalue weighted by molar-refractivity contribution is 0.545. The molecular formula is C18H14N2O. The molecule has 0 radical (unpaired) electrons. The lowest BCUT2D eigenvalue weighted by atomic mass is 9.75. The van der Waals surface area contributed by atoms with Gasteiger partial charge in [-0.15, -0.1) is 0 Å². The van der Waals surface area contributed by atoms with Crippen molar-refractivity contribution in [2.45, 2.75) is 19.8 Å². The van der Waals surface area contributed by atoms with Crippen LogP contribution in [-0.2, 0) is 0 Å². The van der Waals surface area contributed by atoms with Crippen molar-refractivity contribution in [3.63, 3.8) is 0 Å². The molecule has 21 heavy (non-hydrogen) atoms. The molecule has 0 aromatic carbocycles. The Morgan fingerprint density at radius 1 is 1.29 bits per heavy atom. The molecule has 3 nitrogen and oxygen atoms in total. The Bertz CT molecular complexity index is 842. The van der Waals surface area contributed by atoms with Crippen molar-refractivity contribution in [2.24, 2.45) is 15.9 Å². The fourth-order valence-electron chi connectivity index (χ4n) is 3.82. The summed E-state index contributed by atoms with van der Waals surface area (Å²) in [6.45, 7) is 2.26. The molecule has 3 heteroatoms. The van der Waals surface area contributed by atoms with Gasteiger partial charge >= 0.3 is 0 Å². The summed E-state index contributed by atoms with van der Waals surface area (Å²) in [7, 11) is 0. The number of nitrogens with zero attached hydrogens (tertiary/aromatic N) is 2. The van der Waals surface area contributed by atoms with Gasteiger partial charge in [0.25, 0.3) is 0 Å². The average Bonchev–Trinajstić information content (AvgIpc) is 3.21. The Labute approximate surface area is 122 Å². The molecule has 1 unspecified atom stereocenters. The normalized spacial score (nSPS) is 25.8. The molecule has 1 atom stereocenters. The minimum absolute atomic E-state index is 0.372. The molecule has 5 rings (SSSR count). The Morgan fingerprint density at radius 3 is 3.10 bits per heavy atom. The third kappa shape index (κ3) is 1.38. The third-order valence-corrected chi connectivity index (χ3v) is 4.83. The lowest BCUT2D eigenvalue weighted by Gasteiger charge is -2.29. The number of fused-ring (bicyclic) bond motifs is 1. The molecule has 102 valence electrons. The average molecular weight is 274 g/mol. The van der Waals surface area contributed by atoms with Crippen LogP contribution in [0.15, 0.2) is 72.9 Å². The molecule has 0 bridgehead atoms. The van der Waals surface area contributed by atoms with Crippen LogP contribution in [0.4, 0.5) is 0 Å². The fraction of sp³-hybridized carbons (Fsp3) is 0.222. The highest BCUT2D eigenvalue weighted by Crippen LogP contribution is 2.50. The van der Waals surface area contributed by atoms with Gasteiger partial charge in [0.1, 0.15) is 12.1 Å². The predicted molar refractivity (Wildman–Crippen MR) is 83.1 cm³/mol. The summed E-state index contributed by atoms with van der Waals surface area (Å²) in [6, 6.07) is 3.98. The number of allylic oxidation sites excluding steroid dienone is 8. The molecule has 1 aliphatic heterocycles. The number of furan rings is 1. The van der Waals surface area contributed by atoms with Gasteiger partial charge in [-0.05, 0) is 35.8 Å². The zero-order valence-corrected chi connectivity index (χ0v) is 11.8. The molecule has 0 amide bonds. The predicted octanol–water partition coefficient (Wildman–Crippen LogP) is 4.08. The van der Waals surface area contributed by atoms with Gasteiger partial charge in [0.05, 0.1) is 17.7 Å². The highest BCUT2D eigenvalue weighted by molar-refractivity contribution is 6.12. The van der Waals surface area contributed by atoms with Gasteiger partial charge in [0, 0.05) is 23.5 Å². The SMILES string of the molecule is CC1C2=CCC3=C2C(=C2N=CN=C2C3)C=C1c1ccco1. The van der Waals surface area contributed by atoms with Crippen molar-refractivity contribution in [3.05, 3.63) is 64.3 Å². The van der Waals surface area contributed by atoms with Crippen LogP contribution in [0.25, 0.3) is 5.57 Å². The molecule has 2 heterocycles. The third-order valence-electron chi connectivity index (χ3n) is 4.83. The first-order valence-electron chi connectivity index (χ1n) is 7.35. The summed E-state index contributed by atoms with van der Waals surface area (Å²) in [6.07, 6.45) is 10.0. The van der Waals surface area contributed by atoms with E-state index in [2.05, 4.69) is 29.1 Å². The largest absolute Gasteiger partial charge is 0.465 e. The second-order valence-electron chi connectivity index (χ2n) is 5.90. The maximum atomic E-state index is 5.64. The minimum Gasteiger partial charge on any atom is -0.465 e. The molecule has 0 spiro atoms. The molecular weight excluding hydrogens is 260 g/mol. The Hall–Kier alpha value is -2.42. The van der Waals surface area contributed by atoms with Crippen LogP contribution in [-0.4, -0.2) is 12.1 Å². The van der Waals surface area contributed by atoms with Gasteiger partial charge in [0.15, 0.2) is 0 Å². The van der Waals surface area contributed by atoms with Crippen molar-refractivity contribution in [3.8, 4) is 0 Å². The van der Waals surface area contributed by atoms with Crippen LogP contribution in [0.2, 0.25) is 0 Å². The molecule has 0 saturated carbocycles. The molecule has 3 aliphatic carbocycles. The van der Waals surface area contributed by atoms with E-state index in [0.29, 0.717) is 5.92 Å². The quantitative estimate of drug-likeness (QED) is 0.760. The summed E-state index contributed by atoms with van der Waals surface area (Å²) < 4.78 is 5.64. The highest BCUT2D eigenvalue weighted by atomic mass is 16.3. The van der Waals surface area contributed by atoms with E-state index in [9.17, 15) is 0 Å². The van der Waals surface area contributed by atoms with Gasteiger partial charge in [-0.3, -0.25) is 0 Å². The maximum Gasteiger partial charge on any atom is 0.130 e. The summed E-state index contributed by atoms with van der Waals surface area (Å²) in [4.78, 5) is 8.92. The first-order chi connectivity index (χ1) is 10.3. The second kappa shape index (κ2) is 3.82. The lowest BCUT2D eigenvalue weighted by Crippen LogP contribution is -2.17.